The molecule has 5 fully saturated rings. The number of hydrogen-bond donors (Lipinski definition) is 0. The third-order valence-corrected chi connectivity index (χ3v) is 11.0. The van der Waals surface area contributed by atoms with Gasteiger partial charge in [0.25, 0.3) is 0 Å². The first-order chi connectivity index (χ1) is 17.1. The van der Waals surface area contributed by atoms with E-state index in [0.717, 1.165) is 50.5 Å². The van der Waals surface area contributed by atoms with Gasteiger partial charge in [-0.25, -0.2) is 4.79 Å². The summed E-state index contributed by atoms with van der Waals surface area (Å²) in [5.74, 6) is 1.01. The molecule has 0 radical (unpaired) electrons. The molecule has 7 nitrogen and oxygen atoms in total. The molecule has 0 N–H and O–H groups in total. The Morgan fingerprint density at radius 3 is 2.56 bits per heavy atom. The van der Waals surface area contributed by atoms with Crippen LogP contribution in [0.3, 0.4) is 0 Å². The van der Waals surface area contributed by atoms with Gasteiger partial charge in [-0.1, -0.05) is 20.8 Å². The summed E-state index contributed by atoms with van der Waals surface area (Å²) in [6.45, 7) is 8.09. The van der Waals surface area contributed by atoms with Gasteiger partial charge in [0.15, 0.2) is 0 Å². The topological polar surface area (TPSA) is 95.3 Å². The number of ether oxygens (including phenoxy) is 3. The van der Waals surface area contributed by atoms with Crippen LogP contribution in [-0.2, 0) is 23.8 Å². The molecule has 36 heavy (non-hydrogen) atoms. The Labute approximate surface area is 212 Å². The van der Waals surface area contributed by atoms with Crippen molar-refractivity contribution in [2.24, 2.45) is 28.6 Å². The Bertz CT molecular complexity index is 1110. The molecule has 4 saturated carbocycles. The van der Waals surface area contributed by atoms with Crippen LogP contribution < -0.4 is 5.63 Å². The van der Waals surface area contributed by atoms with Crippen molar-refractivity contribution in [2.45, 2.75) is 109 Å². The van der Waals surface area contributed by atoms with E-state index in [4.69, 9.17) is 18.6 Å². The zero-order valence-electron chi connectivity index (χ0n) is 21.8. The van der Waals surface area contributed by atoms with Crippen LogP contribution in [0.1, 0.15) is 90.5 Å². The lowest BCUT2D eigenvalue weighted by Gasteiger charge is -2.61. The third-order valence-electron chi connectivity index (χ3n) is 11.0. The van der Waals surface area contributed by atoms with E-state index in [1.807, 2.05) is 13.0 Å². The predicted octanol–water partition coefficient (Wildman–Crippen LogP) is 4.76. The van der Waals surface area contributed by atoms with Crippen LogP contribution in [0.25, 0.3) is 0 Å². The maximum absolute atomic E-state index is 12.5. The zero-order valence-corrected chi connectivity index (χ0v) is 21.8. The van der Waals surface area contributed by atoms with E-state index in [2.05, 4.69) is 13.8 Å². The summed E-state index contributed by atoms with van der Waals surface area (Å²) in [7, 11) is 0. The van der Waals surface area contributed by atoms with Gasteiger partial charge >= 0.3 is 17.6 Å². The first-order valence-corrected chi connectivity index (χ1v) is 13.8. The standard InChI is InChI=1S/C29H38O7/c1-5-22(31)35-25-24(17-6-9-23(32)33-15-17)28(4)13-11-20-21(29(28)26(25)36-29)8-7-18-14-19(34-16(2)30)10-12-27(18,20)3/h6,9,15,18-21,24-26H,5,7-8,10-14H2,1-4H3/t18-,19+,20+,21-,24+,25-,26-,27+,28-,29-/m1/s1. The van der Waals surface area contributed by atoms with Gasteiger partial charge in [-0.15, -0.1) is 0 Å². The van der Waals surface area contributed by atoms with E-state index < -0.39 is 0 Å². The molecule has 0 amide bonds. The zero-order chi connectivity index (χ0) is 25.5. The van der Waals surface area contributed by atoms with Gasteiger partial charge in [-0.2, -0.15) is 0 Å². The van der Waals surface area contributed by atoms with E-state index in [9.17, 15) is 14.4 Å². The fourth-order valence-electron chi connectivity index (χ4n) is 9.47. The van der Waals surface area contributed by atoms with Gasteiger partial charge < -0.3 is 18.6 Å². The Kier molecular flexibility index (Phi) is 5.50. The summed E-state index contributed by atoms with van der Waals surface area (Å²) < 4.78 is 23.7. The number of rotatable bonds is 4. The maximum Gasteiger partial charge on any atom is 0.335 e. The molecule has 6 rings (SSSR count). The monoisotopic (exact) mass is 498 g/mol. The fraction of sp³-hybridized carbons (Fsp3) is 0.759. The number of carbonyl (C=O) groups is 2. The quantitative estimate of drug-likeness (QED) is 0.436. The Morgan fingerprint density at radius 2 is 1.86 bits per heavy atom. The lowest BCUT2D eigenvalue weighted by Crippen LogP contribution is -2.58. The molecule has 1 spiro atoms. The van der Waals surface area contributed by atoms with Gasteiger partial charge in [0, 0.05) is 30.7 Å². The van der Waals surface area contributed by atoms with Crippen molar-refractivity contribution in [3.63, 3.8) is 0 Å². The molecule has 1 aromatic rings. The maximum atomic E-state index is 12.5. The van der Waals surface area contributed by atoms with Crippen molar-refractivity contribution < 1.29 is 28.2 Å². The number of fused-ring (bicyclic) bond motifs is 3. The summed E-state index contributed by atoms with van der Waals surface area (Å²) >= 11 is 0. The van der Waals surface area contributed by atoms with Crippen molar-refractivity contribution in [2.75, 3.05) is 0 Å². The SMILES string of the molecule is CCC(=O)O[C@H]1[C@H]2O[C@]23[C@@H]2CC[C@@H]4C[C@@H](OC(C)=O)CC[C@]4(C)[C@H]2CC[C@]3(C)[C@H]1c1ccc(=O)oc1. The third kappa shape index (κ3) is 3.23. The summed E-state index contributed by atoms with van der Waals surface area (Å²) in [5.41, 5.74) is 0.200. The van der Waals surface area contributed by atoms with Crippen LogP contribution in [0.2, 0.25) is 0 Å². The molecule has 2 heterocycles. The molecule has 1 saturated heterocycles. The largest absolute Gasteiger partial charge is 0.463 e. The number of epoxide rings is 1. The number of esters is 2. The molecule has 0 aromatic carbocycles. The van der Waals surface area contributed by atoms with Crippen LogP contribution in [-0.4, -0.2) is 35.9 Å². The van der Waals surface area contributed by atoms with Crippen molar-refractivity contribution in [3.8, 4) is 0 Å². The van der Waals surface area contributed by atoms with Crippen LogP contribution in [0, 0.1) is 28.6 Å². The van der Waals surface area contributed by atoms with Crippen molar-refractivity contribution in [3.05, 3.63) is 34.4 Å². The van der Waals surface area contributed by atoms with Crippen molar-refractivity contribution in [1.29, 1.82) is 0 Å². The minimum absolute atomic E-state index is 0.0375. The Hall–Kier alpha value is -2.15. The molecule has 4 aliphatic carbocycles. The highest BCUT2D eigenvalue weighted by Gasteiger charge is 2.84. The first kappa shape index (κ1) is 24.2. The number of hydrogen-bond acceptors (Lipinski definition) is 7. The number of carbonyl (C=O) groups excluding carboxylic acids is 2. The fourth-order valence-corrected chi connectivity index (χ4v) is 9.47. The van der Waals surface area contributed by atoms with E-state index in [1.54, 1.807) is 6.26 Å². The van der Waals surface area contributed by atoms with E-state index >= 15 is 0 Å². The van der Waals surface area contributed by atoms with Crippen LogP contribution in [0.15, 0.2) is 27.6 Å². The molecule has 10 atom stereocenters. The summed E-state index contributed by atoms with van der Waals surface area (Å²) in [4.78, 5) is 35.8. The molecule has 7 heteroatoms. The smallest absolute Gasteiger partial charge is 0.335 e. The summed E-state index contributed by atoms with van der Waals surface area (Å²) in [6, 6.07) is 3.31. The summed E-state index contributed by atoms with van der Waals surface area (Å²) in [5, 5.41) is 0. The van der Waals surface area contributed by atoms with E-state index in [0.29, 0.717) is 24.2 Å². The first-order valence-electron chi connectivity index (χ1n) is 13.8. The molecule has 1 aliphatic heterocycles. The van der Waals surface area contributed by atoms with Crippen LogP contribution in [0.4, 0.5) is 0 Å². The average Bonchev–Trinajstić information content (AvgIpc) is 3.54. The van der Waals surface area contributed by atoms with Crippen LogP contribution >= 0.6 is 0 Å². The van der Waals surface area contributed by atoms with Crippen molar-refractivity contribution in [1.82, 2.24) is 0 Å². The van der Waals surface area contributed by atoms with Gasteiger partial charge in [-0.05, 0) is 79.7 Å². The minimum Gasteiger partial charge on any atom is -0.463 e. The van der Waals surface area contributed by atoms with Gasteiger partial charge in [0.2, 0.25) is 0 Å². The molecule has 0 unspecified atom stereocenters. The normalized spacial score (nSPS) is 46.5. The molecule has 5 aliphatic rings. The second kappa shape index (κ2) is 8.17. The van der Waals surface area contributed by atoms with Gasteiger partial charge in [-0.3, -0.25) is 9.59 Å². The highest BCUT2D eigenvalue weighted by atomic mass is 16.7. The van der Waals surface area contributed by atoms with Crippen molar-refractivity contribution >= 4 is 11.9 Å². The molecular weight excluding hydrogens is 460 g/mol. The minimum atomic E-state index is -0.376. The van der Waals surface area contributed by atoms with E-state index in [-0.39, 0.29) is 58.2 Å². The highest BCUT2D eigenvalue weighted by molar-refractivity contribution is 5.69. The Morgan fingerprint density at radius 1 is 1.06 bits per heavy atom. The highest BCUT2D eigenvalue weighted by Crippen LogP contribution is 2.78. The lowest BCUT2D eigenvalue weighted by atomic mass is 9.44. The molecular formula is C29H38O7. The average molecular weight is 499 g/mol. The predicted molar refractivity (Wildman–Crippen MR) is 130 cm³/mol. The van der Waals surface area contributed by atoms with Crippen LogP contribution in [0.5, 0.6) is 0 Å². The van der Waals surface area contributed by atoms with Gasteiger partial charge in [0.05, 0.1) is 6.26 Å². The lowest BCUT2D eigenvalue weighted by molar-refractivity contribution is -0.167. The Balaban J connectivity index is 1.34. The summed E-state index contributed by atoms with van der Waals surface area (Å²) in [6.07, 6.45) is 8.62. The molecule has 0 bridgehead atoms. The van der Waals surface area contributed by atoms with Gasteiger partial charge in [0.1, 0.15) is 23.9 Å². The second-order valence-corrected chi connectivity index (χ2v) is 12.5. The molecule has 196 valence electrons. The second-order valence-electron chi connectivity index (χ2n) is 12.5. The van der Waals surface area contributed by atoms with E-state index in [1.165, 1.54) is 13.0 Å². The molecule has 1 aromatic heterocycles.